The van der Waals surface area contributed by atoms with Crippen molar-refractivity contribution in [3.63, 3.8) is 0 Å². The van der Waals surface area contributed by atoms with Gasteiger partial charge in [0.1, 0.15) is 0 Å². The van der Waals surface area contributed by atoms with Gasteiger partial charge in [0.15, 0.2) is 0 Å². The molecule has 0 aliphatic rings. The van der Waals surface area contributed by atoms with Crippen molar-refractivity contribution in [2.45, 2.75) is 41.0 Å². The van der Waals surface area contributed by atoms with Gasteiger partial charge in [0.2, 0.25) is 0 Å². The Kier molecular flexibility index (Phi) is 5.74. The van der Waals surface area contributed by atoms with Crippen LogP contribution in [0.5, 0.6) is 0 Å². The maximum absolute atomic E-state index is 12.1. The van der Waals surface area contributed by atoms with Crippen molar-refractivity contribution in [1.29, 1.82) is 0 Å². The lowest BCUT2D eigenvalue weighted by molar-refractivity contribution is -0.142. The van der Waals surface area contributed by atoms with Gasteiger partial charge in [-0.2, -0.15) is 0 Å². The van der Waals surface area contributed by atoms with Crippen molar-refractivity contribution in [3.8, 4) is 0 Å². The van der Waals surface area contributed by atoms with Crippen LogP contribution in [0.25, 0.3) is 0 Å². The van der Waals surface area contributed by atoms with E-state index in [0.29, 0.717) is 24.3 Å². The summed E-state index contributed by atoms with van der Waals surface area (Å²) in [6, 6.07) is 1.87. The van der Waals surface area contributed by atoms with E-state index in [1.54, 1.807) is 13.8 Å². The van der Waals surface area contributed by atoms with Gasteiger partial charge in [-0.25, -0.2) is 4.79 Å². The lowest BCUT2D eigenvalue weighted by Gasteiger charge is -2.15. The summed E-state index contributed by atoms with van der Waals surface area (Å²) in [7, 11) is 0. The number of esters is 2. The summed E-state index contributed by atoms with van der Waals surface area (Å²) in [5.41, 5.74) is 4.11. The fraction of sp³-hybridized carbons (Fsp3) is 0.500. The van der Waals surface area contributed by atoms with E-state index in [2.05, 4.69) is 0 Å². The van der Waals surface area contributed by atoms with E-state index in [0.717, 1.165) is 16.7 Å². The van der Waals surface area contributed by atoms with E-state index < -0.39 is 0 Å². The molecule has 0 fully saturated rings. The molecular weight excluding hydrogens is 256 g/mol. The minimum atomic E-state index is -0.382. The van der Waals surface area contributed by atoms with Crippen LogP contribution in [-0.2, 0) is 20.7 Å². The van der Waals surface area contributed by atoms with Crippen LogP contribution in [0, 0.1) is 20.8 Å². The van der Waals surface area contributed by atoms with Crippen molar-refractivity contribution >= 4 is 11.9 Å². The van der Waals surface area contributed by atoms with E-state index in [1.165, 1.54) is 0 Å². The molecule has 0 radical (unpaired) electrons. The summed E-state index contributed by atoms with van der Waals surface area (Å²) in [6.07, 6.45) is 0.0872. The van der Waals surface area contributed by atoms with Gasteiger partial charge in [-0.3, -0.25) is 4.79 Å². The summed E-state index contributed by atoms with van der Waals surface area (Å²) in [4.78, 5) is 23.8. The van der Waals surface area contributed by atoms with Crippen LogP contribution in [0.2, 0.25) is 0 Å². The number of aryl methyl sites for hydroxylation is 1. The average molecular weight is 278 g/mol. The number of benzene rings is 1. The highest BCUT2D eigenvalue weighted by Gasteiger charge is 2.20. The van der Waals surface area contributed by atoms with Crippen LogP contribution >= 0.6 is 0 Å². The molecule has 110 valence electrons. The molecule has 0 aliphatic carbocycles. The molecule has 0 bridgehead atoms. The quantitative estimate of drug-likeness (QED) is 0.777. The largest absolute Gasteiger partial charge is 0.466 e. The van der Waals surface area contributed by atoms with Gasteiger partial charge >= 0.3 is 11.9 Å². The zero-order chi connectivity index (χ0) is 15.3. The molecule has 0 saturated carbocycles. The highest BCUT2D eigenvalue weighted by molar-refractivity contribution is 5.94. The second-order valence-corrected chi connectivity index (χ2v) is 4.68. The van der Waals surface area contributed by atoms with E-state index in [9.17, 15) is 9.59 Å². The van der Waals surface area contributed by atoms with Gasteiger partial charge in [0.25, 0.3) is 0 Å². The Balaban J connectivity index is 3.26. The van der Waals surface area contributed by atoms with Gasteiger partial charge in [0.05, 0.1) is 25.2 Å². The highest BCUT2D eigenvalue weighted by Crippen LogP contribution is 2.23. The lowest BCUT2D eigenvalue weighted by Crippen LogP contribution is -2.16. The molecule has 0 saturated heterocycles. The molecule has 4 nitrogen and oxygen atoms in total. The summed E-state index contributed by atoms with van der Waals surface area (Å²) in [5, 5.41) is 0. The van der Waals surface area contributed by atoms with Crippen LogP contribution < -0.4 is 0 Å². The second kappa shape index (κ2) is 7.08. The van der Waals surface area contributed by atoms with Crippen LogP contribution in [0.1, 0.15) is 46.5 Å². The maximum atomic E-state index is 12.1. The number of rotatable bonds is 5. The van der Waals surface area contributed by atoms with E-state index in [-0.39, 0.29) is 18.4 Å². The molecule has 0 unspecified atom stereocenters. The third-order valence-electron chi connectivity index (χ3n) is 3.36. The molecule has 4 heteroatoms. The summed E-state index contributed by atoms with van der Waals surface area (Å²) >= 11 is 0. The van der Waals surface area contributed by atoms with Gasteiger partial charge in [-0.05, 0) is 56.9 Å². The predicted octanol–water partition coefficient (Wildman–Crippen LogP) is 2.89. The first kappa shape index (κ1) is 16.2. The van der Waals surface area contributed by atoms with Crippen LogP contribution in [0.15, 0.2) is 6.07 Å². The molecule has 1 aromatic carbocycles. The number of ether oxygens (including phenoxy) is 2. The summed E-state index contributed by atoms with van der Waals surface area (Å²) in [6.45, 7) is 9.97. The smallest absolute Gasteiger partial charge is 0.338 e. The van der Waals surface area contributed by atoms with Crippen molar-refractivity contribution < 1.29 is 19.1 Å². The van der Waals surface area contributed by atoms with Crippen molar-refractivity contribution in [3.05, 3.63) is 33.9 Å². The van der Waals surface area contributed by atoms with Gasteiger partial charge < -0.3 is 9.47 Å². The monoisotopic (exact) mass is 278 g/mol. The molecule has 0 N–H and O–H groups in total. The zero-order valence-corrected chi connectivity index (χ0v) is 12.8. The molecular formula is C16H22O4. The van der Waals surface area contributed by atoms with E-state index in [4.69, 9.17) is 9.47 Å². The molecule has 0 aliphatic heterocycles. The first-order valence-electron chi connectivity index (χ1n) is 6.84. The second-order valence-electron chi connectivity index (χ2n) is 4.68. The standard InChI is InChI=1S/C16H22O4/c1-6-19-14(17)9-13-8-10(3)11(4)12(5)15(13)16(18)20-7-2/h8H,6-7,9H2,1-5H3. The van der Waals surface area contributed by atoms with Crippen molar-refractivity contribution in [2.24, 2.45) is 0 Å². The third-order valence-corrected chi connectivity index (χ3v) is 3.36. The van der Waals surface area contributed by atoms with Crippen LogP contribution in [0.3, 0.4) is 0 Å². The Morgan fingerprint density at radius 2 is 1.60 bits per heavy atom. The predicted molar refractivity (Wildman–Crippen MR) is 76.9 cm³/mol. The molecule has 0 heterocycles. The molecule has 0 atom stereocenters. The van der Waals surface area contributed by atoms with E-state index >= 15 is 0 Å². The Labute approximate surface area is 120 Å². The number of carbonyl (C=O) groups is 2. The van der Waals surface area contributed by atoms with E-state index in [1.807, 2.05) is 26.8 Å². The zero-order valence-electron chi connectivity index (χ0n) is 12.8. The minimum Gasteiger partial charge on any atom is -0.466 e. The molecule has 20 heavy (non-hydrogen) atoms. The molecule has 0 amide bonds. The number of hydrogen-bond donors (Lipinski definition) is 0. The minimum absolute atomic E-state index is 0.0872. The average Bonchev–Trinajstić information content (AvgIpc) is 2.36. The SMILES string of the molecule is CCOC(=O)Cc1cc(C)c(C)c(C)c1C(=O)OCC. The van der Waals surface area contributed by atoms with Crippen LogP contribution in [0.4, 0.5) is 0 Å². The maximum Gasteiger partial charge on any atom is 0.338 e. The molecule has 1 rings (SSSR count). The number of carbonyl (C=O) groups excluding carboxylic acids is 2. The van der Waals surface area contributed by atoms with Gasteiger partial charge in [0, 0.05) is 0 Å². The lowest BCUT2D eigenvalue weighted by atomic mass is 9.92. The molecule has 0 spiro atoms. The summed E-state index contributed by atoms with van der Waals surface area (Å²) in [5.74, 6) is -0.715. The van der Waals surface area contributed by atoms with Crippen molar-refractivity contribution in [2.75, 3.05) is 13.2 Å². The van der Waals surface area contributed by atoms with Gasteiger partial charge in [-0.1, -0.05) is 6.07 Å². The highest BCUT2D eigenvalue weighted by atomic mass is 16.5. The fourth-order valence-electron chi connectivity index (χ4n) is 2.16. The topological polar surface area (TPSA) is 52.6 Å². The molecule has 0 aromatic heterocycles. The number of hydrogen-bond acceptors (Lipinski definition) is 4. The Hall–Kier alpha value is -1.84. The summed E-state index contributed by atoms with van der Waals surface area (Å²) < 4.78 is 10.1. The Morgan fingerprint density at radius 1 is 1.00 bits per heavy atom. The van der Waals surface area contributed by atoms with Crippen LogP contribution in [-0.4, -0.2) is 25.2 Å². The normalized spacial score (nSPS) is 10.2. The fourth-order valence-corrected chi connectivity index (χ4v) is 2.16. The first-order chi connectivity index (χ1) is 9.42. The Morgan fingerprint density at radius 3 is 2.15 bits per heavy atom. The molecule has 1 aromatic rings. The van der Waals surface area contributed by atoms with Gasteiger partial charge in [-0.15, -0.1) is 0 Å². The van der Waals surface area contributed by atoms with Crippen molar-refractivity contribution in [1.82, 2.24) is 0 Å². The first-order valence-corrected chi connectivity index (χ1v) is 6.84. The third kappa shape index (κ3) is 3.59. The Bertz CT molecular complexity index is 518.